The Kier molecular flexibility index (Phi) is 5.81. The van der Waals surface area contributed by atoms with Crippen LogP contribution in [0.15, 0.2) is 53.4 Å². The van der Waals surface area contributed by atoms with E-state index in [1.54, 1.807) is 11.8 Å². The molecule has 0 radical (unpaired) electrons. The zero-order chi connectivity index (χ0) is 20.3. The number of nitrogens with one attached hydrogen (secondary N) is 1. The number of nitrogens with zero attached hydrogens (tertiary/aromatic N) is 1. The van der Waals surface area contributed by atoms with E-state index in [2.05, 4.69) is 4.72 Å². The molecule has 1 atom stereocenters. The summed E-state index contributed by atoms with van der Waals surface area (Å²) in [5.41, 5.74) is 1.98. The van der Waals surface area contributed by atoms with Gasteiger partial charge in [-0.3, -0.25) is 4.79 Å². The van der Waals surface area contributed by atoms with Crippen molar-refractivity contribution in [1.29, 1.82) is 0 Å². The van der Waals surface area contributed by atoms with Gasteiger partial charge >= 0.3 is 5.97 Å². The Morgan fingerprint density at radius 1 is 1.18 bits per heavy atom. The summed E-state index contributed by atoms with van der Waals surface area (Å²) in [6, 6.07) is 13.2. The first kappa shape index (κ1) is 20.0. The Morgan fingerprint density at radius 2 is 1.93 bits per heavy atom. The van der Waals surface area contributed by atoms with Crippen LogP contribution in [-0.2, 0) is 26.0 Å². The van der Waals surface area contributed by atoms with Crippen molar-refractivity contribution in [2.45, 2.75) is 31.3 Å². The molecule has 7 nitrogen and oxygen atoms in total. The number of carbonyl (C=O) groups is 2. The fraction of sp³-hybridized carbons (Fsp3) is 0.300. The van der Waals surface area contributed by atoms with Crippen LogP contribution in [0.1, 0.15) is 29.8 Å². The van der Waals surface area contributed by atoms with Crippen LogP contribution in [-0.4, -0.2) is 39.5 Å². The van der Waals surface area contributed by atoms with Gasteiger partial charge in [0.2, 0.25) is 10.0 Å². The molecule has 0 spiro atoms. The van der Waals surface area contributed by atoms with Crippen molar-refractivity contribution < 1.29 is 22.7 Å². The molecule has 148 valence electrons. The minimum absolute atomic E-state index is 0.0313. The first-order chi connectivity index (χ1) is 13.3. The fourth-order valence-corrected chi connectivity index (χ4v) is 4.22. The predicted octanol–water partition coefficient (Wildman–Crippen LogP) is 2.12. The van der Waals surface area contributed by atoms with Crippen LogP contribution in [0.3, 0.4) is 0 Å². The SMILES string of the molecule is CCNS(=O)(=O)c1cccc(C(=O)OC(C)C(=O)N2CCc3ccccc32)c1. The van der Waals surface area contributed by atoms with Gasteiger partial charge in [-0.05, 0) is 43.2 Å². The number of carbonyl (C=O) groups excluding carboxylic acids is 2. The van der Waals surface area contributed by atoms with Crippen molar-refractivity contribution in [3.8, 4) is 0 Å². The largest absolute Gasteiger partial charge is 0.449 e. The number of amides is 1. The van der Waals surface area contributed by atoms with Gasteiger partial charge < -0.3 is 9.64 Å². The number of para-hydroxylation sites is 1. The van der Waals surface area contributed by atoms with E-state index >= 15 is 0 Å². The third-order valence-corrected chi connectivity index (χ3v) is 6.04. The molecule has 0 saturated carbocycles. The summed E-state index contributed by atoms with van der Waals surface area (Å²) >= 11 is 0. The maximum atomic E-state index is 12.7. The Morgan fingerprint density at radius 3 is 2.68 bits per heavy atom. The van der Waals surface area contributed by atoms with Gasteiger partial charge in [0.05, 0.1) is 10.5 Å². The van der Waals surface area contributed by atoms with Crippen molar-refractivity contribution in [1.82, 2.24) is 4.72 Å². The normalized spacial score (nSPS) is 14.4. The third kappa shape index (κ3) is 4.07. The van der Waals surface area contributed by atoms with Gasteiger partial charge in [0.25, 0.3) is 5.91 Å². The molecule has 1 aliphatic rings. The van der Waals surface area contributed by atoms with E-state index in [0.29, 0.717) is 6.54 Å². The quantitative estimate of drug-likeness (QED) is 0.747. The Labute approximate surface area is 164 Å². The van der Waals surface area contributed by atoms with Crippen molar-refractivity contribution in [3.63, 3.8) is 0 Å². The monoisotopic (exact) mass is 402 g/mol. The third-order valence-electron chi connectivity index (χ3n) is 4.50. The molecule has 2 aromatic carbocycles. The standard InChI is InChI=1S/C20H22N2O5S/c1-3-21-28(25,26)17-9-6-8-16(13-17)20(24)27-14(2)19(23)22-12-11-15-7-4-5-10-18(15)22/h4-10,13-14,21H,3,11-12H2,1-2H3. The minimum Gasteiger partial charge on any atom is -0.449 e. The number of hydrogen-bond donors (Lipinski definition) is 1. The van der Waals surface area contributed by atoms with Gasteiger partial charge in [-0.15, -0.1) is 0 Å². The van der Waals surface area contributed by atoms with Gasteiger partial charge in [0.1, 0.15) is 0 Å². The van der Waals surface area contributed by atoms with Gasteiger partial charge in [0, 0.05) is 18.8 Å². The number of fused-ring (bicyclic) bond motifs is 1. The lowest BCUT2D eigenvalue weighted by Crippen LogP contribution is -2.39. The maximum absolute atomic E-state index is 12.7. The lowest BCUT2D eigenvalue weighted by molar-refractivity contribution is -0.126. The molecule has 3 rings (SSSR count). The van der Waals surface area contributed by atoms with Crippen molar-refractivity contribution >= 4 is 27.6 Å². The summed E-state index contributed by atoms with van der Waals surface area (Å²) in [4.78, 5) is 26.8. The summed E-state index contributed by atoms with van der Waals surface area (Å²) in [6.07, 6.45) is -0.236. The predicted molar refractivity (Wildman–Crippen MR) is 105 cm³/mol. The molecule has 1 N–H and O–H groups in total. The van der Waals surface area contributed by atoms with Crippen molar-refractivity contribution in [2.75, 3.05) is 18.0 Å². The first-order valence-corrected chi connectivity index (χ1v) is 10.5. The van der Waals surface area contributed by atoms with E-state index in [1.807, 2.05) is 24.3 Å². The molecule has 1 heterocycles. The molecule has 0 fully saturated rings. The smallest absolute Gasteiger partial charge is 0.338 e. The fourth-order valence-electron chi connectivity index (χ4n) is 3.13. The second-order valence-corrected chi connectivity index (χ2v) is 8.21. The van der Waals surface area contributed by atoms with Crippen LogP contribution in [0.4, 0.5) is 5.69 Å². The minimum atomic E-state index is -3.69. The maximum Gasteiger partial charge on any atom is 0.338 e. The molecule has 1 unspecified atom stereocenters. The highest BCUT2D eigenvalue weighted by atomic mass is 32.2. The molecular weight excluding hydrogens is 380 g/mol. The second kappa shape index (κ2) is 8.12. The Hall–Kier alpha value is -2.71. The van der Waals surface area contributed by atoms with Gasteiger partial charge in [0.15, 0.2) is 6.10 Å². The van der Waals surface area contributed by atoms with E-state index in [1.165, 1.54) is 31.2 Å². The summed E-state index contributed by atoms with van der Waals surface area (Å²) < 4.78 is 31.9. The number of rotatable bonds is 6. The number of sulfonamides is 1. The van der Waals surface area contributed by atoms with Gasteiger partial charge in [-0.25, -0.2) is 17.9 Å². The van der Waals surface area contributed by atoms with Gasteiger partial charge in [-0.2, -0.15) is 0 Å². The lowest BCUT2D eigenvalue weighted by Gasteiger charge is -2.21. The number of benzene rings is 2. The lowest BCUT2D eigenvalue weighted by atomic mass is 10.2. The average molecular weight is 402 g/mol. The molecule has 28 heavy (non-hydrogen) atoms. The second-order valence-electron chi connectivity index (χ2n) is 6.45. The van der Waals surface area contributed by atoms with Crippen LogP contribution in [0.2, 0.25) is 0 Å². The van der Waals surface area contributed by atoms with E-state index in [-0.39, 0.29) is 22.9 Å². The molecule has 8 heteroatoms. The van der Waals surface area contributed by atoms with Crippen LogP contribution >= 0.6 is 0 Å². The highest BCUT2D eigenvalue weighted by Gasteiger charge is 2.30. The van der Waals surface area contributed by atoms with E-state index in [9.17, 15) is 18.0 Å². The Bertz CT molecular complexity index is 1000. The Balaban J connectivity index is 1.72. The zero-order valence-electron chi connectivity index (χ0n) is 15.7. The number of ether oxygens (including phenoxy) is 1. The topological polar surface area (TPSA) is 92.8 Å². The van der Waals surface area contributed by atoms with Crippen molar-refractivity contribution in [2.24, 2.45) is 0 Å². The highest BCUT2D eigenvalue weighted by molar-refractivity contribution is 7.89. The van der Waals surface area contributed by atoms with E-state index in [0.717, 1.165) is 17.7 Å². The van der Waals surface area contributed by atoms with Gasteiger partial charge in [-0.1, -0.05) is 31.2 Å². The molecule has 0 aromatic heterocycles. The van der Waals surface area contributed by atoms with E-state index < -0.39 is 22.1 Å². The molecule has 0 aliphatic carbocycles. The van der Waals surface area contributed by atoms with E-state index in [4.69, 9.17) is 4.74 Å². The van der Waals surface area contributed by atoms with Crippen molar-refractivity contribution in [3.05, 3.63) is 59.7 Å². The van der Waals surface area contributed by atoms with Crippen LogP contribution in [0.5, 0.6) is 0 Å². The van der Waals surface area contributed by atoms with Crippen LogP contribution in [0, 0.1) is 0 Å². The summed E-state index contributed by atoms with van der Waals surface area (Å²) in [6.45, 7) is 3.95. The summed E-state index contributed by atoms with van der Waals surface area (Å²) in [5.74, 6) is -1.06. The highest BCUT2D eigenvalue weighted by Crippen LogP contribution is 2.28. The molecule has 1 aliphatic heterocycles. The number of esters is 1. The molecular formula is C20H22N2O5S. The molecule has 1 amide bonds. The average Bonchev–Trinajstić information content (AvgIpc) is 3.11. The number of anilines is 1. The number of hydrogen-bond acceptors (Lipinski definition) is 5. The zero-order valence-corrected chi connectivity index (χ0v) is 16.5. The molecule has 2 aromatic rings. The summed E-state index contributed by atoms with van der Waals surface area (Å²) in [7, 11) is -3.69. The van der Waals surface area contributed by atoms with Crippen LogP contribution < -0.4 is 9.62 Å². The molecule has 0 saturated heterocycles. The first-order valence-electron chi connectivity index (χ1n) is 9.03. The molecule has 0 bridgehead atoms. The summed E-state index contributed by atoms with van der Waals surface area (Å²) in [5, 5.41) is 0. The van der Waals surface area contributed by atoms with Crippen LogP contribution in [0.25, 0.3) is 0 Å².